The predicted molar refractivity (Wildman–Crippen MR) is 137 cm³/mol. The van der Waals surface area contributed by atoms with E-state index >= 15 is 0 Å². The lowest BCUT2D eigenvalue weighted by Crippen LogP contribution is -2.55. The van der Waals surface area contributed by atoms with Gasteiger partial charge in [0.2, 0.25) is 17.6 Å². The normalized spacial score (nSPS) is 13.5. The van der Waals surface area contributed by atoms with Crippen molar-refractivity contribution in [3.63, 3.8) is 0 Å². The Hall–Kier alpha value is -4.21. The van der Waals surface area contributed by atoms with Crippen LogP contribution in [0.3, 0.4) is 0 Å². The first-order valence-electron chi connectivity index (χ1n) is 11.9. The molecule has 0 aliphatic carbocycles. The molecule has 0 fully saturated rings. The van der Waals surface area contributed by atoms with E-state index < -0.39 is 53.2 Å². The number of primary amides is 2. The smallest absolute Gasteiger partial charge is 0.405 e. The van der Waals surface area contributed by atoms with Gasteiger partial charge in [0, 0.05) is 18.8 Å². The minimum atomic E-state index is -1.21. The van der Waals surface area contributed by atoms with E-state index in [4.69, 9.17) is 16.2 Å². The first-order chi connectivity index (χ1) is 17.4. The topological polar surface area (TPSA) is 171 Å². The van der Waals surface area contributed by atoms with Crippen molar-refractivity contribution >= 4 is 29.6 Å². The van der Waals surface area contributed by atoms with Crippen LogP contribution in [0.25, 0.3) is 0 Å². The third kappa shape index (κ3) is 9.75. The maximum Gasteiger partial charge on any atom is 0.405 e. The molecule has 37 heavy (non-hydrogen) atoms. The van der Waals surface area contributed by atoms with Crippen molar-refractivity contribution < 1.29 is 28.7 Å². The monoisotopic (exact) mass is 510 g/mol. The summed E-state index contributed by atoms with van der Waals surface area (Å²) in [6.45, 7) is 4.88. The van der Waals surface area contributed by atoms with Crippen molar-refractivity contribution in [1.29, 1.82) is 0 Å². The van der Waals surface area contributed by atoms with Crippen LogP contribution in [-0.4, -0.2) is 47.3 Å². The lowest BCUT2D eigenvalue weighted by molar-refractivity contribution is -0.139. The molecule has 4 amide bonds. The van der Waals surface area contributed by atoms with E-state index in [2.05, 4.69) is 10.6 Å². The molecule has 0 saturated heterocycles. The number of rotatable bonds is 13. The van der Waals surface area contributed by atoms with Gasteiger partial charge in [0.1, 0.15) is 17.7 Å². The summed E-state index contributed by atoms with van der Waals surface area (Å²) in [5.41, 5.74) is 10.8. The Balaban J connectivity index is 2.23. The Morgan fingerprint density at radius 1 is 0.784 bits per heavy atom. The van der Waals surface area contributed by atoms with Gasteiger partial charge in [-0.05, 0) is 31.4 Å². The maximum absolute atomic E-state index is 13.3. The van der Waals surface area contributed by atoms with Gasteiger partial charge in [0.15, 0.2) is 0 Å². The molecule has 0 aromatic heterocycles. The number of Topliss-reactive ketones (excluding diaryl/α,β-unsaturated/α-hetero) is 1. The van der Waals surface area contributed by atoms with E-state index in [1.807, 2.05) is 6.07 Å². The molecular weight excluding hydrogens is 476 g/mol. The van der Waals surface area contributed by atoms with Gasteiger partial charge in [-0.1, -0.05) is 67.6 Å². The van der Waals surface area contributed by atoms with Crippen molar-refractivity contribution in [2.24, 2.45) is 17.4 Å². The third-order valence-electron chi connectivity index (χ3n) is 5.70. The number of nitrogens with one attached hydrogen (secondary N) is 2. The molecule has 198 valence electrons. The van der Waals surface area contributed by atoms with Crippen molar-refractivity contribution in [2.45, 2.75) is 57.7 Å². The predicted octanol–water partition coefficient (Wildman–Crippen LogP) is 1.40. The molecule has 3 atom stereocenters. The molecule has 0 radical (unpaired) electrons. The summed E-state index contributed by atoms with van der Waals surface area (Å²) in [7, 11) is 0. The lowest BCUT2D eigenvalue weighted by atomic mass is 9.93. The fourth-order valence-electron chi connectivity index (χ4n) is 4.02. The Labute approximate surface area is 216 Å². The fourth-order valence-corrected chi connectivity index (χ4v) is 4.02. The van der Waals surface area contributed by atoms with Crippen molar-refractivity contribution in [2.75, 3.05) is 0 Å². The van der Waals surface area contributed by atoms with Gasteiger partial charge in [-0.25, -0.2) is 4.79 Å². The van der Waals surface area contributed by atoms with E-state index in [0.29, 0.717) is 0 Å². The largest absolute Gasteiger partial charge is 0.444 e. The molecule has 0 aliphatic rings. The number of carbonyl (C=O) groups excluding carboxylic acids is 5. The molecule has 10 heteroatoms. The van der Waals surface area contributed by atoms with Crippen LogP contribution in [0.15, 0.2) is 60.7 Å². The molecule has 2 aromatic carbocycles. The first-order valence-corrected chi connectivity index (χ1v) is 11.9. The second kappa shape index (κ2) is 13.2. The van der Waals surface area contributed by atoms with E-state index in [1.165, 1.54) is 0 Å². The summed E-state index contributed by atoms with van der Waals surface area (Å²) in [6.07, 6.45) is -0.620. The van der Waals surface area contributed by atoms with Crippen LogP contribution in [0, 0.1) is 5.92 Å². The van der Waals surface area contributed by atoms with Crippen LogP contribution in [0.2, 0.25) is 0 Å². The molecule has 0 aliphatic heterocycles. The number of ether oxygens (including phenoxy) is 1. The maximum atomic E-state index is 13.3. The second-order valence-corrected chi connectivity index (χ2v) is 9.52. The number of hydrogen-bond acceptors (Lipinski definition) is 6. The summed E-state index contributed by atoms with van der Waals surface area (Å²) >= 11 is 0. The Kier molecular flexibility index (Phi) is 10.4. The second-order valence-electron chi connectivity index (χ2n) is 9.52. The quantitative estimate of drug-likeness (QED) is 0.297. The summed E-state index contributed by atoms with van der Waals surface area (Å²) in [6, 6.07) is 15.6. The Bertz CT molecular complexity index is 1100. The molecule has 0 bridgehead atoms. The summed E-state index contributed by atoms with van der Waals surface area (Å²) in [5, 5.41) is 5.32. The van der Waals surface area contributed by atoms with Gasteiger partial charge < -0.3 is 26.8 Å². The van der Waals surface area contributed by atoms with Gasteiger partial charge in [-0.15, -0.1) is 0 Å². The van der Waals surface area contributed by atoms with Gasteiger partial charge in [0.05, 0.1) is 0 Å². The zero-order chi connectivity index (χ0) is 27.6. The zero-order valence-electron chi connectivity index (χ0n) is 21.2. The fraction of sp³-hybridized carbons (Fsp3) is 0.370. The van der Waals surface area contributed by atoms with Crippen LogP contribution >= 0.6 is 0 Å². The van der Waals surface area contributed by atoms with Gasteiger partial charge in [-0.2, -0.15) is 0 Å². The molecule has 3 unspecified atom stereocenters. The Morgan fingerprint density at radius 2 is 1.24 bits per heavy atom. The van der Waals surface area contributed by atoms with E-state index in [0.717, 1.165) is 11.1 Å². The molecule has 2 aromatic rings. The highest BCUT2D eigenvalue weighted by atomic mass is 16.6. The number of ketones is 1. The lowest BCUT2D eigenvalue weighted by Gasteiger charge is -2.28. The third-order valence-corrected chi connectivity index (χ3v) is 5.70. The number of carbonyl (C=O) groups is 5. The highest BCUT2D eigenvalue weighted by Gasteiger charge is 2.32. The number of nitrogens with two attached hydrogens (primary N) is 2. The van der Waals surface area contributed by atoms with Crippen molar-refractivity contribution in [3.05, 3.63) is 71.8 Å². The molecular formula is C27H34N4O6. The van der Waals surface area contributed by atoms with E-state index in [-0.39, 0.29) is 19.3 Å². The number of benzene rings is 2. The molecule has 0 saturated carbocycles. The SMILES string of the molecule is CC(CC(C)(C)OC(N)=O)C(=O)NC(Cc1ccccc1)C(=O)NC(Cc1ccccc1)C(=O)C(N)=O. The van der Waals surface area contributed by atoms with Gasteiger partial charge in [0.25, 0.3) is 5.91 Å². The molecule has 6 N–H and O–H groups in total. The van der Waals surface area contributed by atoms with Crippen molar-refractivity contribution in [3.8, 4) is 0 Å². The highest BCUT2D eigenvalue weighted by molar-refractivity contribution is 6.37. The number of amides is 4. The first kappa shape index (κ1) is 29.0. The standard InChI is InChI=1S/C27H34N4O6/c1-17(16-27(2,3)37-26(29)36)24(34)31-21(15-19-12-8-5-9-13-19)25(35)30-20(22(32)23(28)33)14-18-10-6-4-7-11-18/h4-13,17,20-21H,14-16H2,1-3H3,(H2,28,33)(H2,29,36)(H,30,35)(H,31,34). The molecule has 2 rings (SSSR count). The van der Waals surface area contributed by atoms with Crippen LogP contribution in [0.4, 0.5) is 4.79 Å². The molecule has 0 spiro atoms. The molecule has 0 heterocycles. The Morgan fingerprint density at radius 3 is 1.70 bits per heavy atom. The van der Waals surface area contributed by atoms with Gasteiger partial charge >= 0.3 is 6.09 Å². The average molecular weight is 511 g/mol. The van der Waals surface area contributed by atoms with Crippen molar-refractivity contribution in [1.82, 2.24) is 10.6 Å². The van der Waals surface area contributed by atoms with Crippen LogP contribution < -0.4 is 22.1 Å². The van der Waals surface area contributed by atoms with Crippen LogP contribution in [0.1, 0.15) is 38.3 Å². The zero-order valence-corrected chi connectivity index (χ0v) is 21.2. The van der Waals surface area contributed by atoms with Gasteiger partial charge in [-0.3, -0.25) is 19.2 Å². The van der Waals surface area contributed by atoms with E-state index in [9.17, 15) is 24.0 Å². The summed E-state index contributed by atoms with van der Waals surface area (Å²) < 4.78 is 5.06. The average Bonchev–Trinajstić information content (AvgIpc) is 2.82. The minimum Gasteiger partial charge on any atom is -0.444 e. The summed E-state index contributed by atoms with van der Waals surface area (Å²) in [4.78, 5) is 61.7. The highest BCUT2D eigenvalue weighted by Crippen LogP contribution is 2.21. The van der Waals surface area contributed by atoms with Crippen LogP contribution in [-0.2, 0) is 36.8 Å². The minimum absolute atomic E-state index is 0.0510. The summed E-state index contributed by atoms with van der Waals surface area (Å²) in [5.74, 6) is -3.87. The number of hydrogen-bond donors (Lipinski definition) is 4. The van der Waals surface area contributed by atoms with E-state index in [1.54, 1.807) is 75.4 Å². The molecule has 10 nitrogen and oxygen atoms in total. The van der Waals surface area contributed by atoms with Crippen LogP contribution in [0.5, 0.6) is 0 Å².